The highest BCUT2D eigenvalue weighted by molar-refractivity contribution is 5.99. The van der Waals surface area contributed by atoms with Crippen LogP contribution in [0, 0.1) is 19.3 Å². The molecule has 0 fully saturated rings. The van der Waals surface area contributed by atoms with Crippen LogP contribution < -0.4 is 5.73 Å². The molecule has 0 aliphatic carbocycles. The minimum absolute atomic E-state index is 0.00194. The zero-order chi connectivity index (χ0) is 25.0. The van der Waals surface area contributed by atoms with Crippen molar-refractivity contribution >= 4 is 11.9 Å². The molecule has 0 amide bonds. The molecule has 0 saturated carbocycles. The highest BCUT2D eigenvalue weighted by atomic mass is 16.5. The number of nitrogens with two attached hydrogens (primary N) is 1. The fourth-order valence-electron chi connectivity index (χ4n) is 3.92. The molecule has 178 valence electrons. The number of rotatable bonds is 7. The zero-order valence-electron chi connectivity index (χ0n) is 20.4. The highest BCUT2D eigenvalue weighted by Crippen LogP contribution is 2.34. The Morgan fingerprint density at radius 1 is 1.00 bits per heavy atom. The summed E-state index contributed by atoms with van der Waals surface area (Å²) in [4.78, 5) is 29.2. The number of pyridine rings is 1. The van der Waals surface area contributed by atoms with Crippen LogP contribution in [0.3, 0.4) is 0 Å². The van der Waals surface area contributed by atoms with Crippen LogP contribution in [-0.2, 0) is 24.3 Å². The molecule has 0 spiro atoms. The molecule has 6 nitrogen and oxygen atoms in total. The van der Waals surface area contributed by atoms with Crippen LogP contribution >= 0.6 is 0 Å². The number of aryl methyl sites for hydroxylation is 2. The summed E-state index contributed by atoms with van der Waals surface area (Å²) in [7, 11) is 0. The van der Waals surface area contributed by atoms with Crippen LogP contribution in [0.4, 0.5) is 0 Å². The number of carboxylic acids is 1. The Morgan fingerprint density at radius 2 is 1.62 bits per heavy atom. The van der Waals surface area contributed by atoms with Crippen molar-refractivity contribution in [3.63, 3.8) is 0 Å². The van der Waals surface area contributed by atoms with E-state index in [1.54, 1.807) is 12.1 Å². The lowest BCUT2D eigenvalue weighted by Crippen LogP contribution is -2.19. The monoisotopic (exact) mass is 460 g/mol. The average Bonchev–Trinajstić information content (AvgIpc) is 2.77. The van der Waals surface area contributed by atoms with Crippen molar-refractivity contribution in [3.8, 4) is 11.1 Å². The molecule has 0 saturated heterocycles. The number of ether oxygens (including phenoxy) is 1. The first kappa shape index (κ1) is 25.1. The molecule has 0 aliphatic rings. The molecule has 2 aromatic carbocycles. The number of carbonyl (C=O) groups excluding carboxylic acids is 1. The normalized spacial score (nSPS) is 11.4. The Morgan fingerprint density at radius 3 is 2.15 bits per heavy atom. The minimum atomic E-state index is -1.00. The highest BCUT2D eigenvalue weighted by Gasteiger charge is 2.26. The van der Waals surface area contributed by atoms with Gasteiger partial charge in [0.1, 0.15) is 6.61 Å². The van der Waals surface area contributed by atoms with Crippen molar-refractivity contribution in [1.82, 2.24) is 4.98 Å². The van der Waals surface area contributed by atoms with E-state index < -0.39 is 11.9 Å². The van der Waals surface area contributed by atoms with Gasteiger partial charge in [-0.1, -0.05) is 62.7 Å². The molecule has 0 bridgehead atoms. The SMILES string of the molecule is Cc1ccc(-c2c(CN)c(CC(C)(C)C)nc(C)c2C(=O)OCc2ccc(C(=O)O)cc2)cc1. The fourth-order valence-corrected chi connectivity index (χ4v) is 3.92. The number of carbonyl (C=O) groups is 2. The number of hydrogen-bond donors (Lipinski definition) is 2. The van der Waals surface area contributed by atoms with Gasteiger partial charge in [0.25, 0.3) is 0 Å². The molecular formula is C28H32N2O4. The number of esters is 1. The van der Waals surface area contributed by atoms with Gasteiger partial charge in [-0.15, -0.1) is 0 Å². The van der Waals surface area contributed by atoms with E-state index in [-0.39, 0.29) is 24.1 Å². The van der Waals surface area contributed by atoms with Crippen LogP contribution in [0.15, 0.2) is 48.5 Å². The number of nitrogens with zero attached hydrogens (tertiary/aromatic N) is 1. The van der Waals surface area contributed by atoms with E-state index in [1.807, 2.05) is 38.1 Å². The second-order valence-corrected chi connectivity index (χ2v) is 9.76. The number of carboxylic acid groups (broad SMARTS) is 1. The van der Waals surface area contributed by atoms with Crippen molar-refractivity contribution in [2.45, 2.75) is 54.2 Å². The van der Waals surface area contributed by atoms with Crippen LogP contribution in [0.2, 0.25) is 0 Å². The number of aromatic carboxylic acids is 1. The molecule has 0 aliphatic heterocycles. The molecule has 0 atom stereocenters. The molecule has 1 heterocycles. The standard InChI is InChI=1S/C28H32N2O4/c1-17-6-10-20(11-7-17)25-22(15-29)23(14-28(3,4)5)30-18(2)24(25)27(33)34-16-19-8-12-21(13-9-19)26(31)32/h6-13H,14-16,29H2,1-5H3,(H,31,32). The topological polar surface area (TPSA) is 103 Å². The molecular weight excluding hydrogens is 428 g/mol. The summed E-state index contributed by atoms with van der Waals surface area (Å²) in [6, 6.07) is 14.3. The summed E-state index contributed by atoms with van der Waals surface area (Å²) in [6.45, 7) is 10.5. The maximum Gasteiger partial charge on any atom is 0.340 e. The van der Waals surface area contributed by atoms with Crippen molar-refractivity contribution in [3.05, 3.63) is 87.7 Å². The van der Waals surface area contributed by atoms with Gasteiger partial charge < -0.3 is 15.6 Å². The average molecular weight is 461 g/mol. The smallest absolute Gasteiger partial charge is 0.340 e. The maximum atomic E-state index is 13.3. The first-order valence-electron chi connectivity index (χ1n) is 11.3. The summed E-state index contributed by atoms with van der Waals surface area (Å²) in [5, 5.41) is 9.07. The van der Waals surface area contributed by atoms with Crippen LogP contribution in [0.5, 0.6) is 0 Å². The quantitative estimate of drug-likeness (QED) is 0.453. The summed E-state index contributed by atoms with van der Waals surface area (Å²) < 4.78 is 5.65. The van der Waals surface area contributed by atoms with Gasteiger partial charge in [-0.3, -0.25) is 4.98 Å². The number of hydrogen-bond acceptors (Lipinski definition) is 5. The van der Waals surface area contributed by atoms with Gasteiger partial charge in [0.2, 0.25) is 0 Å². The Labute approximate surface area is 200 Å². The van der Waals surface area contributed by atoms with Gasteiger partial charge in [-0.2, -0.15) is 0 Å². The van der Waals surface area contributed by atoms with Crippen molar-refractivity contribution in [2.24, 2.45) is 11.1 Å². The van der Waals surface area contributed by atoms with E-state index in [9.17, 15) is 9.59 Å². The summed E-state index contributed by atoms with van der Waals surface area (Å²) in [6.07, 6.45) is 0.727. The van der Waals surface area contributed by atoms with Crippen LogP contribution in [-0.4, -0.2) is 22.0 Å². The Kier molecular flexibility index (Phi) is 7.52. The Hall–Kier alpha value is -3.51. The largest absolute Gasteiger partial charge is 0.478 e. The number of aromatic nitrogens is 1. The molecule has 3 N–H and O–H groups in total. The van der Waals surface area contributed by atoms with E-state index in [1.165, 1.54) is 12.1 Å². The van der Waals surface area contributed by atoms with E-state index in [2.05, 4.69) is 20.8 Å². The minimum Gasteiger partial charge on any atom is -0.478 e. The first-order chi connectivity index (χ1) is 16.0. The molecule has 6 heteroatoms. The molecule has 0 radical (unpaired) electrons. The lowest BCUT2D eigenvalue weighted by atomic mass is 9.85. The molecule has 0 unspecified atom stereocenters. The third-order valence-electron chi connectivity index (χ3n) is 5.58. The lowest BCUT2D eigenvalue weighted by molar-refractivity contribution is 0.0471. The number of benzene rings is 2. The maximum absolute atomic E-state index is 13.3. The third-order valence-corrected chi connectivity index (χ3v) is 5.58. The first-order valence-corrected chi connectivity index (χ1v) is 11.3. The Bertz CT molecular complexity index is 1190. The predicted molar refractivity (Wildman–Crippen MR) is 133 cm³/mol. The van der Waals surface area contributed by atoms with Gasteiger partial charge in [-0.25, -0.2) is 9.59 Å². The van der Waals surface area contributed by atoms with E-state index in [0.717, 1.165) is 34.4 Å². The molecule has 3 aromatic rings. The van der Waals surface area contributed by atoms with Gasteiger partial charge in [0, 0.05) is 17.8 Å². The van der Waals surface area contributed by atoms with Gasteiger partial charge >= 0.3 is 11.9 Å². The summed E-state index contributed by atoms with van der Waals surface area (Å²) >= 11 is 0. The third kappa shape index (κ3) is 5.88. The van der Waals surface area contributed by atoms with Gasteiger partial charge in [0.05, 0.1) is 16.8 Å². The van der Waals surface area contributed by atoms with Gasteiger partial charge in [-0.05, 0) is 54.5 Å². The van der Waals surface area contributed by atoms with Crippen molar-refractivity contribution < 1.29 is 19.4 Å². The van der Waals surface area contributed by atoms with E-state index >= 15 is 0 Å². The predicted octanol–water partition coefficient (Wildman–Crippen LogP) is 5.47. The van der Waals surface area contributed by atoms with Gasteiger partial charge in [0.15, 0.2) is 0 Å². The molecule has 1 aromatic heterocycles. The van der Waals surface area contributed by atoms with Crippen molar-refractivity contribution in [1.29, 1.82) is 0 Å². The molecule has 34 heavy (non-hydrogen) atoms. The fraction of sp³-hybridized carbons (Fsp3) is 0.321. The van der Waals surface area contributed by atoms with Crippen LogP contribution in [0.25, 0.3) is 11.1 Å². The van der Waals surface area contributed by atoms with E-state index in [0.29, 0.717) is 16.8 Å². The van der Waals surface area contributed by atoms with Crippen molar-refractivity contribution in [2.75, 3.05) is 0 Å². The Balaban J connectivity index is 2.04. The lowest BCUT2D eigenvalue weighted by Gasteiger charge is -2.24. The van der Waals surface area contributed by atoms with Crippen LogP contribution in [0.1, 0.15) is 69.6 Å². The zero-order valence-corrected chi connectivity index (χ0v) is 20.4. The summed E-state index contributed by atoms with van der Waals surface area (Å²) in [5.74, 6) is -1.49. The summed E-state index contributed by atoms with van der Waals surface area (Å²) in [5.41, 5.74) is 12.6. The van der Waals surface area contributed by atoms with E-state index in [4.69, 9.17) is 20.6 Å². The molecule has 3 rings (SSSR count). The second kappa shape index (κ2) is 10.2. The second-order valence-electron chi connectivity index (χ2n) is 9.76.